The van der Waals surface area contributed by atoms with E-state index in [1.54, 1.807) is 0 Å². The lowest BCUT2D eigenvalue weighted by Crippen LogP contribution is -2.28. The molecule has 1 heterocycles. The van der Waals surface area contributed by atoms with Crippen molar-refractivity contribution in [2.75, 3.05) is 0 Å². The smallest absolute Gasteiger partial charge is 0.0543 e. The SMILES string of the molecule is CC1CCCC(NCc2cnn(C(C)(C)C)c2)CC1. The van der Waals surface area contributed by atoms with Gasteiger partial charge >= 0.3 is 0 Å². The van der Waals surface area contributed by atoms with Crippen LogP contribution in [0.1, 0.15) is 65.4 Å². The van der Waals surface area contributed by atoms with Crippen LogP contribution in [0.3, 0.4) is 0 Å². The lowest BCUT2D eigenvalue weighted by atomic mass is 10.0. The summed E-state index contributed by atoms with van der Waals surface area (Å²) in [7, 11) is 0. The summed E-state index contributed by atoms with van der Waals surface area (Å²) in [6.45, 7) is 9.89. The molecule has 1 aliphatic carbocycles. The zero-order valence-electron chi connectivity index (χ0n) is 12.9. The summed E-state index contributed by atoms with van der Waals surface area (Å²) in [5.74, 6) is 0.912. The number of nitrogens with zero attached hydrogens (tertiary/aromatic N) is 2. The van der Waals surface area contributed by atoms with Crippen molar-refractivity contribution in [2.24, 2.45) is 5.92 Å². The molecule has 108 valence electrons. The molecule has 19 heavy (non-hydrogen) atoms. The molecular formula is C16H29N3. The fourth-order valence-corrected chi connectivity index (χ4v) is 2.77. The number of hydrogen-bond donors (Lipinski definition) is 1. The molecule has 1 N–H and O–H groups in total. The first-order valence-corrected chi connectivity index (χ1v) is 7.72. The van der Waals surface area contributed by atoms with E-state index < -0.39 is 0 Å². The first kappa shape index (κ1) is 14.6. The number of nitrogens with one attached hydrogen (secondary N) is 1. The third-order valence-corrected chi connectivity index (χ3v) is 4.18. The fourth-order valence-electron chi connectivity index (χ4n) is 2.77. The molecule has 1 saturated carbocycles. The Morgan fingerprint density at radius 2 is 2.05 bits per heavy atom. The molecule has 3 nitrogen and oxygen atoms in total. The largest absolute Gasteiger partial charge is 0.310 e. The molecule has 2 rings (SSSR count). The standard InChI is InChI=1S/C16H29N3/c1-13-6-5-7-15(9-8-13)17-10-14-11-18-19(12-14)16(2,3)4/h11-13,15,17H,5-10H2,1-4H3. The zero-order chi connectivity index (χ0) is 13.9. The summed E-state index contributed by atoms with van der Waals surface area (Å²) in [5, 5.41) is 8.17. The summed E-state index contributed by atoms with van der Waals surface area (Å²) >= 11 is 0. The van der Waals surface area contributed by atoms with Gasteiger partial charge in [-0.3, -0.25) is 4.68 Å². The van der Waals surface area contributed by atoms with Crippen LogP contribution in [-0.2, 0) is 12.1 Å². The molecule has 0 amide bonds. The second-order valence-corrected chi connectivity index (χ2v) is 7.16. The molecule has 0 saturated heterocycles. The third kappa shape index (κ3) is 4.34. The van der Waals surface area contributed by atoms with E-state index in [0.717, 1.165) is 12.5 Å². The van der Waals surface area contributed by atoms with Crippen molar-refractivity contribution in [3.8, 4) is 0 Å². The first-order valence-electron chi connectivity index (χ1n) is 7.72. The van der Waals surface area contributed by atoms with E-state index in [2.05, 4.69) is 49.0 Å². The molecular weight excluding hydrogens is 234 g/mol. The Morgan fingerprint density at radius 3 is 2.74 bits per heavy atom. The molecule has 1 aromatic rings. The van der Waals surface area contributed by atoms with Crippen molar-refractivity contribution in [1.29, 1.82) is 0 Å². The predicted molar refractivity (Wildman–Crippen MR) is 80.1 cm³/mol. The minimum Gasteiger partial charge on any atom is -0.310 e. The quantitative estimate of drug-likeness (QED) is 0.843. The highest BCUT2D eigenvalue weighted by atomic mass is 15.3. The molecule has 0 spiro atoms. The second kappa shape index (κ2) is 6.08. The maximum Gasteiger partial charge on any atom is 0.0543 e. The summed E-state index contributed by atoms with van der Waals surface area (Å²) < 4.78 is 2.05. The molecule has 3 heteroatoms. The average Bonchev–Trinajstić information content (AvgIpc) is 2.71. The number of hydrogen-bond acceptors (Lipinski definition) is 2. The van der Waals surface area contributed by atoms with Crippen LogP contribution in [0, 0.1) is 5.92 Å². The molecule has 2 atom stereocenters. The summed E-state index contributed by atoms with van der Waals surface area (Å²) in [6.07, 6.45) is 11.0. The zero-order valence-corrected chi connectivity index (χ0v) is 12.9. The van der Waals surface area contributed by atoms with Crippen LogP contribution in [0.4, 0.5) is 0 Å². The molecule has 0 aromatic carbocycles. The van der Waals surface area contributed by atoms with E-state index >= 15 is 0 Å². The Kier molecular flexibility index (Phi) is 4.67. The van der Waals surface area contributed by atoms with E-state index in [1.165, 1.54) is 37.7 Å². The van der Waals surface area contributed by atoms with Gasteiger partial charge in [0.2, 0.25) is 0 Å². The van der Waals surface area contributed by atoms with Crippen LogP contribution in [0.15, 0.2) is 12.4 Å². The molecule has 1 aromatic heterocycles. The maximum atomic E-state index is 4.46. The van der Waals surface area contributed by atoms with Gasteiger partial charge in [0.1, 0.15) is 0 Å². The van der Waals surface area contributed by atoms with Gasteiger partial charge in [0.05, 0.1) is 11.7 Å². The van der Waals surface area contributed by atoms with Crippen molar-refractivity contribution < 1.29 is 0 Å². The Morgan fingerprint density at radius 1 is 1.26 bits per heavy atom. The van der Waals surface area contributed by atoms with Gasteiger partial charge in [0.25, 0.3) is 0 Å². The lowest BCUT2D eigenvalue weighted by molar-refractivity contribution is 0.355. The van der Waals surface area contributed by atoms with Crippen LogP contribution >= 0.6 is 0 Å². The normalized spacial score (nSPS) is 25.3. The van der Waals surface area contributed by atoms with Crippen molar-refractivity contribution in [2.45, 2.75) is 77.9 Å². The minimum absolute atomic E-state index is 0.0794. The van der Waals surface area contributed by atoms with Crippen LogP contribution in [-0.4, -0.2) is 15.8 Å². The van der Waals surface area contributed by atoms with Gasteiger partial charge in [-0.05, 0) is 46.0 Å². The van der Waals surface area contributed by atoms with Gasteiger partial charge in [-0.25, -0.2) is 0 Å². The predicted octanol–water partition coefficient (Wildman–Crippen LogP) is 3.70. The Balaban J connectivity index is 1.83. The summed E-state index contributed by atoms with van der Waals surface area (Å²) in [5.41, 5.74) is 1.38. The highest BCUT2D eigenvalue weighted by Gasteiger charge is 2.17. The van der Waals surface area contributed by atoms with Crippen molar-refractivity contribution >= 4 is 0 Å². The van der Waals surface area contributed by atoms with Crippen molar-refractivity contribution in [1.82, 2.24) is 15.1 Å². The maximum absolute atomic E-state index is 4.46. The fraction of sp³-hybridized carbons (Fsp3) is 0.812. The Bertz CT molecular complexity index is 389. The van der Waals surface area contributed by atoms with E-state index in [1.807, 2.05) is 6.20 Å². The second-order valence-electron chi connectivity index (χ2n) is 7.16. The third-order valence-electron chi connectivity index (χ3n) is 4.18. The Labute approximate surface area is 117 Å². The monoisotopic (exact) mass is 263 g/mol. The van der Waals surface area contributed by atoms with Crippen LogP contribution in [0.2, 0.25) is 0 Å². The minimum atomic E-state index is 0.0794. The molecule has 2 unspecified atom stereocenters. The average molecular weight is 263 g/mol. The molecule has 1 fully saturated rings. The lowest BCUT2D eigenvalue weighted by Gasteiger charge is -2.19. The number of aromatic nitrogens is 2. The van der Waals surface area contributed by atoms with Gasteiger partial charge in [-0.15, -0.1) is 0 Å². The Hall–Kier alpha value is -0.830. The van der Waals surface area contributed by atoms with Gasteiger partial charge in [0.15, 0.2) is 0 Å². The van der Waals surface area contributed by atoms with Crippen LogP contribution in [0.5, 0.6) is 0 Å². The van der Waals surface area contributed by atoms with Crippen molar-refractivity contribution in [3.05, 3.63) is 18.0 Å². The van der Waals surface area contributed by atoms with Gasteiger partial charge in [-0.1, -0.05) is 19.8 Å². The highest BCUT2D eigenvalue weighted by molar-refractivity contribution is 5.05. The van der Waals surface area contributed by atoms with E-state index in [9.17, 15) is 0 Å². The van der Waals surface area contributed by atoms with Gasteiger partial charge in [-0.2, -0.15) is 5.10 Å². The van der Waals surface area contributed by atoms with E-state index in [4.69, 9.17) is 0 Å². The van der Waals surface area contributed by atoms with Crippen LogP contribution in [0.25, 0.3) is 0 Å². The summed E-state index contributed by atoms with van der Waals surface area (Å²) in [6, 6.07) is 0.697. The number of rotatable bonds is 3. The molecule has 0 bridgehead atoms. The highest BCUT2D eigenvalue weighted by Crippen LogP contribution is 2.23. The van der Waals surface area contributed by atoms with E-state index in [0.29, 0.717) is 6.04 Å². The van der Waals surface area contributed by atoms with E-state index in [-0.39, 0.29) is 5.54 Å². The molecule has 0 radical (unpaired) electrons. The van der Waals surface area contributed by atoms with Crippen molar-refractivity contribution in [3.63, 3.8) is 0 Å². The first-order chi connectivity index (χ1) is 8.95. The summed E-state index contributed by atoms with van der Waals surface area (Å²) in [4.78, 5) is 0. The van der Waals surface area contributed by atoms with Crippen LogP contribution < -0.4 is 5.32 Å². The molecule has 1 aliphatic rings. The van der Waals surface area contributed by atoms with Gasteiger partial charge < -0.3 is 5.32 Å². The molecule has 0 aliphatic heterocycles. The van der Waals surface area contributed by atoms with Gasteiger partial charge in [0, 0.05) is 24.3 Å². The topological polar surface area (TPSA) is 29.9 Å².